The van der Waals surface area contributed by atoms with Crippen LogP contribution < -0.4 is 16.0 Å². The molecule has 0 aromatic heterocycles. The number of amides is 3. The Hall–Kier alpha value is -3.22. The molecule has 0 bridgehead atoms. The van der Waals surface area contributed by atoms with Gasteiger partial charge in [0.2, 0.25) is 17.7 Å². The third kappa shape index (κ3) is 16.4. The summed E-state index contributed by atoms with van der Waals surface area (Å²) in [6.07, 6.45) is 9.51. The molecule has 1 saturated heterocycles. The van der Waals surface area contributed by atoms with Gasteiger partial charge in [-0.15, -0.1) is 0 Å². The number of carbonyl (C=O) groups excluding carboxylic acids is 6. The number of hydrogen-bond donors (Lipinski definition) is 4. The number of aliphatic hydroxyl groups is 1. The molecule has 0 aromatic rings. The molecule has 3 amide bonds. The lowest BCUT2D eigenvalue weighted by molar-refractivity contribution is -0.163. The van der Waals surface area contributed by atoms with E-state index in [-0.39, 0.29) is 0 Å². The van der Waals surface area contributed by atoms with Gasteiger partial charge in [0.05, 0.1) is 12.0 Å². The van der Waals surface area contributed by atoms with E-state index in [4.69, 9.17) is 14.2 Å². The van der Waals surface area contributed by atoms with Crippen LogP contribution in [0.2, 0.25) is 0 Å². The van der Waals surface area contributed by atoms with Crippen molar-refractivity contribution in [3.63, 3.8) is 0 Å². The first-order chi connectivity index (χ1) is 23.1. The fourth-order valence-electron chi connectivity index (χ4n) is 5.92. The minimum absolute atomic E-state index is 0.393. The normalized spacial score (nSPS) is 26.4. The Bertz CT molecular complexity index is 1070. The number of rotatable bonds is 17. The van der Waals surface area contributed by atoms with E-state index in [0.29, 0.717) is 12.8 Å². The van der Waals surface area contributed by atoms with Crippen molar-refractivity contribution >= 4 is 35.6 Å². The van der Waals surface area contributed by atoms with Gasteiger partial charge in [-0.25, -0.2) is 4.79 Å². The van der Waals surface area contributed by atoms with Crippen molar-refractivity contribution in [2.24, 2.45) is 17.8 Å². The second-order valence-corrected chi connectivity index (χ2v) is 13.8. The molecule has 8 atom stereocenters. The van der Waals surface area contributed by atoms with Crippen LogP contribution in [-0.2, 0) is 43.0 Å². The maximum atomic E-state index is 13.6. The highest BCUT2D eigenvalue weighted by molar-refractivity contribution is 5.94. The molecule has 0 saturated carbocycles. The summed E-state index contributed by atoms with van der Waals surface area (Å²) >= 11 is 0. The molecule has 1 rings (SSSR count). The van der Waals surface area contributed by atoms with Crippen LogP contribution in [0.25, 0.3) is 0 Å². The third-order valence-electron chi connectivity index (χ3n) is 9.11. The molecule has 49 heavy (non-hydrogen) atoms. The van der Waals surface area contributed by atoms with E-state index in [1.807, 2.05) is 0 Å². The lowest BCUT2D eigenvalue weighted by Gasteiger charge is -2.32. The fourth-order valence-corrected chi connectivity index (χ4v) is 5.92. The minimum Gasteiger partial charge on any atom is -0.463 e. The number of esters is 3. The van der Waals surface area contributed by atoms with Crippen LogP contribution in [0.1, 0.15) is 132 Å². The molecule has 0 radical (unpaired) electrons. The van der Waals surface area contributed by atoms with Crippen molar-refractivity contribution in [3.05, 3.63) is 0 Å². The van der Waals surface area contributed by atoms with Gasteiger partial charge in [-0.2, -0.15) is 0 Å². The average molecular weight is 698 g/mol. The third-order valence-corrected chi connectivity index (χ3v) is 9.11. The molecule has 0 aromatic carbocycles. The van der Waals surface area contributed by atoms with Crippen molar-refractivity contribution in [2.45, 2.75) is 169 Å². The van der Waals surface area contributed by atoms with Gasteiger partial charge in [0.15, 0.2) is 6.04 Å². The molecule has 1 aliphatic rings. The van der Waals surface area contributed by atoms with Crippen molar-refractivity contribution in [1.29, 1.82) is 0 Å². The van der Waals surface area contributed by atoms with Crippen molar-refractivity contribution in [1.82, 2.24) is 16.0 Å². The zero-order chi connectivity index (χ0) is 37.1. The van der Waals surface area contributed by atoms with Gasteiger partial charge in [-0.1, -0.05) is 98.8 Å². The maximum Gasteiger partial charge on any atom is 0.332 e. The summed E-state index contributed by atoms with van der Waals surface area (Å²) in [6, 6.07) is -4.07. The van der Waals surface area contributed by atoms with Crippen molar-refractivity contribution < 1.29 is 48.1 Å². The largest absolute Gasteiger partial charge is 0.463 e. The Morgan fingerprint density at radius 1 is 0.755 bits per heavy atom. The van der Waals surface area contributed by atoms with Crippen LogP contribution in [0.15, 0.2) is 0 Å². The standard InChI is InChI=1S/C36H63N3O10/c1-9-10-11-12-13-14-15-16-17-18-19-20-29-23(4)32(42)24(5)33(43)38-30(22(2)3)34(44)39-31(25(6)48-27(8)41)35(45)37-28(36(46)49-29)21-47-26(7)40/h22-25,28-32,42H,9-21H2,1-8H3,(H,37,45)(H,38,43)(H,39,44). The summed E-state index contributed by atoms with van der Waals surface area (Å²) in [7, 11) is 0. The van der Waals surface area contributed by atoms with Crippen LogP contribution in [-0.4, -0.2) is 83.8 Å². The van der Waals surface area contributed by atoms with Crippen LogP contribution in [0.5, 0.6) is 0 Å². The predicted molar refractivity (Wildman–Crippen MR) is 184 cm³/mol. The van der Waals surface area contributed by atoms with E-state index in [2.05, 4.69) is 22.9 Å². The molecule has 1 aliphatic heterocycles. The van der Waals surface area contributed by atoms with Gasteiger partial charge in [0.1, 0.15) is 30.9 Å². The SMILES string of the molecule is CCCCCCCCCCCCCC1OC(=O)C(COC(C)=O)NC(=O)C(C(C)OC(C)=O)NC(=O)C(C(C)C)NC(=O)C(C)C(O)C1C. The Morgan fingerprint density at radius 3 is 1.78 bits per heavy atom. The molecular formula is C36H63N3O10. The minimum atomic E-state index is -1.48. The van der Waals surface area contributed by atoms with Gasteiger partial charge in [0.25, 0.3) is 0 Å². The second kappa shape index (κ2) is 23.2. The lowest BCUT2D eigenvalue weighted by atomic mass is 9.86. The zero-order valence-electron chi connectivity index (χ0n) is 31.0. The number of carbonyl (C=O) groups is 6. The summed E-state index contributed by atoms with van der Waals surface area (Å²) in [6.45, 7) is 12.0. The van der Waals surface area contributed by atoms with Gasteiger partial charge in [-0.05, 0) is 25.7 Å². The summed E-state index contributed by atoms with van der Waals surface area (Å²) in [5, 5.41) is 19.1. The van der Waals surface area contributed by atoms with Crippen LogP contribution in [0.4, 0.5) is 0 Å². The fraction of sp³-hybridized carbons (Fsp3) is 0.833. The summed E-state index contributed by atoms with van der Waals surface area (Å²) in [5.74, 6) is -6.67. The Kier molecular flexibility index (Phi) is 20.8. The molecular weight excluding hydrogens is 634 g/mol. The predicted octanol–water partition coefficient (Wildman–Crippen LogP) is 3.87. The first-order valence-electron chi connectivity index (χ1n) is 18.2. The van der Waals surface area contributed by atoms with Crippen molar-refractivity contribution in [2.75, 3.05) is 6.61 Å². The highest BCUT2D eigenvalue weighted by atomic mass is 16.6. The van der Waals surface area contributed by atoms with E-state index in [1.54, 1.807) is 20.8 Å². The summed E-state index contributed by atoms with van der Waals surface area (Å²) in [4.78, 5) is 77.5. The van der Waals surface area contributed by atoms with Crippen LogP contribution in [0, 0.1) is 17.8 Å². The number of unbranched alkanes of at least 4 members (excludes halogenated alkanes) is 10. The van der Waals surface area contributed by atoms with Crippen LogP contribution >= 0.6 is 0 Å². The quantitative estimate of drug-likeness (QED) is 0.0988. The smallest absolute Gasteiger partial charge is 0.332 e. The van der Waals surface area contributed by atoms with Crippen molar-refractivity contribution in [3.8, 4) is 0 Å². The first-order valence-corrected chi connectivity index (χ1v) is 18.2. The maximum absolute atomic E-state index is 13.6. The summed E-state index contributed by atoms with van der Waals surface area (Å²) < 4.78 is 16.2. The zero-order valence-corrected chi connectivity index (χ0v) is 31.0. The van der Waals surface area contributed by atoms with Gasteiger partial charge < -0.3 is 35.3 Å². The number of aliphatic hydroxyl groups excluding tert-OH is 1. The highest BCUT2D eigenvalue weighted by Crippen LogP contribution is 2.25. The molecule has 282 valence electrons. The molecule has 4 N–H and O–H groups in total. The molecule has 13 nitrogen and oxygen atoms in total. The summed E-state index contributed by atoms with van der Waals surface area (Å²) in [5.41, 5.74) is 0. The molecule has 1 heterocycles. The topological polar surface area (TPSA) is 186 Å². The average Bonchev–Trinajstić information content (AvgIpc) is 3.03. The monoisotopic (exact) mass is 697 g/mol. The molecule has 1 fully saturated rings. The Labute approximate surface area is 292 Å². The number of ether oxygens (including phenoxy) is 3. The Morgan fingerprint density at radius 2 is 1.27 bits per heavy atom. The molecule has 13 heteroatoms. The van der Waals surface area contributed by atoms with E-state index in [9.17, 15) is 33.9 Å². The lowest BCUT2D eigenvalue weighted by Crippen LogP contribution is -2.61. The van der Waals surface area contributed by atoms with Gasteiger partial charge in [-0.3, -0.25) is 24.0 Å². The number of hydrogen-bond acceptors (Lipinski definition) is 10. The number of cyclic esters (lactones) is 1. The van der Waals surface area contributed by atoms with E-state index >= 15 is 0 Å². The molecule has 0 spiro atoms. The van der Waals surface area contributed by atoms with E-state index in [1.165, 1.54) is 52.4 Å². The van der Waals surface area contributed by atoms with Crippen LogP contribution in [0.3, 0.4) is 0 Å². The van der Waals surface area contributed by atoms with E-state index < -0.39 is 96.4 Å². The second-order valence-electron chi connectivity index (χ2n) is 13.8. The molecule has 0 aliphatic carbocycles. The highest BCUT2D eigenvalue weighted by Gasteiger charge is 2.40. The molecule has 8 unspecified atom stereocenters. The first kappa shape index (κ1) is 43.8. The number of nitrogens with one attached hydrogen (secondary N) is 3. The van der Waals surface area contributed by atoms with E-state index in [0.717, 1.165) is 39.5 Å². The van der Waals surface area contributed by atoms with Gasteiger partial charge in [0, 0.05) is 19.8 Å². The van der Waals surface area contributed by atoms with Gasteiger partial charge >= 0.3 is 17.9 Å². The Balaban J connectivity index is 3.30.